The van der Waals surface area contributed by atoms with E-state index in [1.54, 1.807) is 0 Å². The summed E-state index contributed by atoms with van der Waals surface area (Å²) in [6, 6.07) is 0. The van der Waals surface area contributed by atoms with Crippen molar-refractivity contribution in [3.8, 4) is 0 Å². The zero-order chi connectivity index (χ0) is 10.8. The lowest BCUT2D eigenvalue weighted by Gasteiger charge is -2.32. The molecule has 0 aromatic carbocycles. The number of hydrogen-bond donors (Lipinski definition) is 2. The van der Waals surface area contributed by atoms with Crippen LogP contribution in [0.2, 0.25) is 0 Å². The van der Waals surface area contributed by atoms with Gasteiger partial charge in [0.15, 0.2) is 0 Å². The van der Waals surface area contributed by atoms with Crippen LogP contribution < -0.4 is 0 Å². The lowest BCUT2D eigenvalue weighted by Crippen LogP contribution is -2.39. The molecule has 0 spiro atoms. The normalized spacial score (nSPS) is 26.8. The minimum absolute atomic E-state index is 0.0512. The number of rotatable bonds is 4. The summed E-state index contributed by atoms with van der Waals surface area (Å²) >= 11 is 0. The molecule has 1 heterocycles. The second-order valence-electron chi connectivity index (χ2n) is 5.24. The van der Waals surface area contributed by atoms with Crippen LogP contribution in [0.1, 0.15) is 27.2 Å². The van der Waals surface area contributed by atoms with Gasteiger partial charge in [-0.1, -0.05) is 13.8 Å². The van der Waals surface area contributed by atoms with Crippen molar-refractivity contribution in [1.29, 1.82) is 0 Å². The van der Waals surface area contributed by atoms with E-state index < -0.39 is 0 Å². The van der Waals surface area contributed by atoms with E-state index in [2.05, 4.69) is 18.7 Å². The molecule has 84 valence electrons. The van der Waals surface area contributed by atoms with Crippen molar-refractivity contribution in [2.75, 3.05) is 26.2 Å². The van der Waals surface area contributed by atoms with Gasteiger partial charge < -0.3 is 15.1 Å². The first kappa shape index (κ1) is 12.0. The number of hydrogen-bond acceptors (Lipinski definition) is 3. The van der Waals surface area contributed by atoms with Gasteiger partial charge in [-0.25, -0.2) is 0 Å². The predicted molar refractivity (Wildman–Crippen MR) is 57.1 cm³/mol. The van der Waals surface area contributed by atoms with Crippen molar-refractivity contribution in [3.63, 3.8) is 0 Å². The van der Waals surface area contributed by atoms with E-state index in [-0.39, 0.29) is 11.5 Å². The van der Waals surface area contributed by atoms with E-state index in [4.69, 9.17) is 5.11 Å². The minimum Gasteiger partial charge on any atom is -0.396 e. The lowest BCUT2D eigenvalue weighted by atomic mass is 9.87. The predicted octanol–water partition coefficient (Wildman–Crippen LogP) is 0.708. The summed E-state index contributed by atoms with van der Waals surface area (Å²) in [5.41, 5.74) is -0.0512. The van der Waals surface area contributed by atoms with E-state index in [1.807, 2.05) is 6.92 Å². The van der Waals surface area contributed by atoms with Crippen molar-refractivity contribution >= 4 is 0 Å². The maximum Gasteiger partial charge on any atom is 0.0575 e. The van der Waals surface area contributed by atoms with E-state index in [0.29, 0.717) is 12.5 Å². The number of likely N-dealkylation sites (tertiary alicyclic amines) is 1. The smallest absolute Gasteiger partial charge is 0.0575 e. The van der Waals surface area contributed by atoms with Crippen LogP contribution in [0.15, 0.2) is 0 Å². The second kappa shape index (κ2) is 4.60. The first-order valence-corrected chi connectivity index (χ1v) is 5.47. The van der Waals surface area contributed by atoms with Crippen molar-refractivity contribution in [2.45, 2.75) is 33.3 Å². The van der Waals surface area contributed by atoms with Crippen molar-refractivity contribution < 1.29 is 10.2 Å². The molecule has 2 atom stereocenters. The first-order valence-electron chi connectivity index (χ1n) is 5.47. The molecule has 0 radical (unpaired) electrons. The molecule has 2 unspecified atom stereocenters. The quantitative estimate of drug-likeness (QED) is 0.704. The van der Waals surface area contributed by atoms with Crippen LogP contribution in [-0.4, -0.2) is 47.5 Å². The second-order valence-corrected chi connectivity index (χ2v) is 5.24. The van der Waals surface area contributed by atoms with E-state index >= 15 is 0 Å². The highest BCUT2D eigenvalue weighted by molar-refractivity contribution is 4.83. The fraction of sp³-hybridized carbons (Fsp3) is 1.00. The molecular weight excluding hydrogens is 178 g/mol. The summed E-state index contributed by atoms with van der Waals surface area (Å²) in [5.74, 6) is 0.444. The van der Waals surface area contributed by atoms with Crippen LogP contribution in [0.25, 0.3) is 0 Å². The molecule has 1 fully saturated rings. The molecule has 0 aromatic rings. The Morgan fingerprint density at radius 2 is 2.14 bits per heavy atom. The molecule has 0 aliphatic carbocycles. The van der Waals surface area contributed by atoms with E-state index in [0.717, 1.165) is 26.1 Å². The molecule has 1 aliphatic heterocycles. The Morgan fingerprint density at radius 1 is 1.50 bits per heavy atom. The minimum atomic E-state index is -0.282. The summed E-state index contributed by atoms with van der Waals surface area (Å²) in [5, 5.41) is 18.6. The van der Waals surface area contributed by atoms with Crippen LogP contribution >= 0.6 is 0 Å². The van der Waals surface area contributed by atoms with Gasteiger partial charge in [-0.15, -0.1) is 0 Å². The topological polar surface area (TPSA) is 43.7 Å². The monoisotopic (exact) mass is 201 g/mol. The van der Waals surface area contributed by atoms with Gasteiger partial charge in [0.25, 0.3) is 0 Å². The number of nitrogens with zero attached hydrogens (tertiary/aromatic N) is 1. The highest BCUT2D eigenvalue weighted by Crippen LogP contribution is 2.25. The highest BCUT2D eigenvalue weighted by Gasteiger charge is 2.30. The molecule has 2 N–H and O–H groups in total. The lowest BCUT2D eigenvalue weighted by molar-refractivity contribution is 0.0388. The summed E-state index contributed by atoms with van der Waals surface area (Å²) in [4.78, 5) is 2.34. The Bertz CT molecular complexity index is 180. The maximum absolute atomic E-state index is 9.59. The van der Waals surface area contributed by atoms with E-state index in [1.165, 1.54) is 0 Å². The zero-order valence-corrected chi connectivity index (χ0v) is 9.53. The Labute approximate surface area is 86.7 Å². The maximum atomic E-state index is 9.59. The van der Waals surface area contributed by atoms with Crippen LogP contribution in [0, 0.1) is 11.3 Å². The molecule has 1 aliphatic rings. The van der Waals surface area contributed by atoms with Gasteiger partial charge in [0, 0.05) is 25.1 Å². The third-order valence-electron chi connectivity index (χ3n) is 3.39. The highest BCUT2D eigenvalue weighted by atomic mass is 16.3. The fourth-order valence-corrected chi connectivity index (χ4v) is 1.91. The largest absolute Gasteiger partial charge is 0.396 e. The standard InChI is InChI=1S/C11H23NO2/c1-9(14)11(2,3)8-12-5-4-10(6-12)7-13/h9-10,13-14H,4-8H2,1-3H3. The first-order chi connectivity index (χ1) is 6.45. The van der Waals surface area contributed by atoms with Gasteiger partial charge in [-0.2, -0.15) is 0 Å². The zero-order valence-electron chi connectivity index (χ0n) is 9.53. The van der Waals surface area contributed by atoms with Gasteiger partial charge in [-0.3, -0.25) is 0 Å². The SMILES string of the molecule is CC(O)C(C)(C)CN1CCC(CO)C1. The third-order valence-corrected chi connectivity index (χ3v) is 3.39. The molecule has 0 bridgehead atoms. The molecule has 14 heavy (non-hydrogen) atoms. The third kappa shape index (κ3) is 2.94. The van der Waals surface area contributed by atoms with Crippen molar-refractivity contribution in [2.24, 2.45) is 11.3 Å². The van der Waals surface area contributed by atoms with Crippen LogP contribution in [0.4, 0.5) is 0 Å². The molecular formula is C11H23NO2. The van der Waals surface area contributed by atoms with Crippen LogP contribution in [0.5, 0.6) is 0 Å². The van der Waals surface area contributed by atoms with Gasteiger partial charge in [0.05, 0.1) is 6.10 Å². The summed E-state index contributed by atoms with van der Waals surface area (Å²) in [6.07, 6.45) is 0.808. The summed E-state index contributed by atoms with van der Waals surface area (Å²) in [6.45, 7) is 9.27. The molecule has 3 nitrogen and oxygen atoms in total. The fourth-order valence-electron chi connectivity index (χ4n) is 1.91. The summed E-state index contributed by atoms with van der Waals surface area (Å²) < 4.78 is 0. The molecule has 1 rings (SSSR count). The average Bonchev–Trinajstić information content (AvgIpc) is 2.51. The van der Waals surface area contributed by atoms with Crippen LogP contribution in [0.3, 0.4) is 0 Å². The van der Waals surface area contributed by atoms with E-state index in [9.17, 15) is 5.11 Å². The Hall–Kier alpha value is -0.120. The molecule has 0 saturated carbocycles. The van der Waals surface area contributed by atoms with Crippen LogP contribution in [-0.2, 0) is 0 Å². The summed E-state index contributed by atoms with van der Waals surface area (Å²) in [7, 11) is 0. The van der Waals surface area contributed by atoms with Gasteiger partial charge >= 0.3 is 0 Å². The molecule has 3 heteroatoms. The Balaban J connectivity index is 2.39. The molecule has 0 amide bonds. The number of aliphatic hydroxyl groups is 2. The molecule has 1 saturated heterocycles. The van der Waals surface area contributed by atoms with Crippen molar-refractivity contribution in [3.05, 3.63) is 0 Å². The van der Waals surface area contributed by atoms with Gasteiger partial charge in [0.1, 0.15) is 0 Å². The molecule has 0 aromatic heterocycles. The Morgan fingerprint density at radius 3 is 2.57 bits per heavy atom. The average molecular weight is 201 g/mol. The van der Waals surface area contributed by atoms with Gasteiger partial charge in [0.2, 0.25) is 0 Å². The Kier molecular flexibility index (Phi) is 3.93. The number of aliphatic hydroxyl groups excluding tert-OH is 2. The van der Waals surface area contributed by atoms with Gasteiger partial charge in [-0.05, 0) is 25.8 Å². The van der Waals surface area contributed by atoms with Crippen molar-refractivity contribution in [1.82, 2.24) is 4.90 Å².